The Morgan fingerprint density at radius 1 is 1.22 bits per heavy atom. The van der Waals surface area contributed by atoms with E-state index in [9.17, 15) is 4.79 Å². The highest BCUT2D eigenvalue weighted by atomic mass is 16.2. The molecule has 5 unspecified atom stereocenters. The predicted octanol–water partition coefficient (Wildman–Crippen LogP) is 1.93. The monoisotopic (exact) mass is 250 g/mol. The fourth-order valence-corrected chi connectivity index (χ4v) is 4.68. The predicted molar refractivity (Wildman–Crippen MR) is 72.1 cm³/mol. The minimum absolute atomic E-state index is 0.0624. The first kappa shape index (κ1) is 12.5. The van der Waals surface area contributed by atoms with Gasteiger partial charge in [0.1, 0.15) is 0 Å². The van der Waals surface area contributed by atoms with Crippen LogP contribution < -0.4 is 10.6 Å². The van der Waals surface area contributed by atoms with E-state index in [1.807, 2.05) is 0 Å². The summed E-state index contributed by atoms with van der Waals surface area (Å²) >= 11 is 0. The zero-order valence-corrected chi connectivity index (χ0v) is 11.5. The van der Waals surface area contributed by atoms with Crippen LogP contribution in [0, 0.1) is 23.7 Å². The number of likely N-dealkylation sites (N-methyl/N-ethyl adjacent to an activating group) is 1. The maximum atomic E-state index is 11.7. The summed E-state index contributed by atoms with van der Waals surface area (Å²) in [5, 5.41) is 6.12. The summed E-state index contributed by atoms with van der Waals surface area (Å²) in [6, 6.07) is 0.0624. The lowest BCUT2D eigenvalue weighted by Gasteiger charge is -2.33. The lowest BCUT2D eigenvalue weighted by Crippen LogP contribution is -2.48. The maximum absolute atomic E-state index is 11.7. The van der Waals surface area contributed by atoms with E-state index < -0.39 is 0 Å². The molecular weight excluding hydrogens is 224 g/mol. The first-order valence-corrected chi connectivity index (χ1v) is 7.71. The third-order valence-corrected chi connectivity index (χ3v) is 5.60. The second-order valence-corrected chi connectivity index (χ2v) is 6.68. The van der Waals surface area contributed by atoms with Gasteiger partial charge in [-0.05, 0) is 68.7 Å². The summed E-state index contributed by atoms with van der Waals surface area (Å²) in [7, 11) is 1.74. The Hall–Kier alpha value is -0.570. The number of rotatable bonds is 3. The molecule has 3 heteroatoms. The Bertz CT molecular complexity index is 318. The number of fused-ring (bicyclic) bond motifs is 2. The molecule has 5 atom stereocenters. The van der Waals surface area contributed by atoms with Crippen LogP contribution in [-0.4, -0.2) is 25.5 Å². The third kappa shape index (κ3) is 2.42. The fraction of sp³-hybridized carbons (Fsp3) is 0.933. The molecule has 2 bridgehead atoms. The average molecular weight is 250 g/mol. The second kappa shape index (κ2) is 5.20. The van der Waals surface area contributed by atoms with Crippen molar-refractivity contribution in [2.75, 3.05) is 13.6 Å². The highest BCUT2D eigenvalue weighted by molar-refractivity contribution is 5.81. The van der Waals surface area contributed by atoms with Gasteiger partial charge in [0.05, 0.1) is 6.04 Å². The molecule has 3 aliphatic rings. The molecule has 0 spiro atoms. The van der Waals surface area contributed by atoms with Gasteiger partial charge >= 0.3 is 0 Å². The summed E-state index contributed by atoms with van der Waals surface area (Å²) < 4.78 is 0. The van der Waals surface area contributed by atoms with Gasteiger partial charge in [0.2, 0.25) is 5.91 Å². The summed E-state index contributed by atoms with van der Waals surface area (Å²) in [5.41, 5.74) is 0. The number of carbonyl (C=O) groups is 1. The van der Waals surface area contributed by atoms with Gasteiger partial charge in [0.15, 0.2) is 0 Å². The van der Waals surface area contributed by atoms with Crippen molar-refractivity contribution in [1.82, 2.24) is 10.6 Å². The number of nitrogens with one attached hydrogen (secondary N) is 2. The quantitative estimate of drug-likeness (QED) is 0.803. The Balaban J connectivity index is 1.52. The van der Waals surface area contributed by atoms with E-state index in [-0.39, 0.29) is 11.9 Å². The lowest BCUT2D eigenvalue weighted by molar-refractivity contribution is -0.123. The van der Waals surface area contributed by atoms with Crippen LogP contribution in [-0.2, 0) is 4.79 Å². The van der Waals surface area contributed by atoms with Crippen LogP contribution in [0.15, 0.2) is 0 Å². The van der Waals surface area contributed by atoms with Crippen molar-refractivity contribution in [3.05, 3.63) is 0 Å². The van der Waals surface area contributed by atoms with E-state index >= 15 is 0 Å². The van der Waals surface area contributed by atoms with Crippen molar-refractivity contribution in [2.24, 2.45) is 23.7 Å². The molecule has 102 valence electrons. The van der Waals surface area contributed by atoms with E-state index in [1.54, 1.807) is 7.05 Å². The van der Waals surface area contributed by atoms with Crippen molar-refractivity contribution in [1.29, 1.82) is 0 Å². The van der Waals surface area contributed by atoms with Crippen LogP contribution in [0.3, 0.4) is 0 Å². The molecule has 3 nitrogen and oxygen atoms in total. The number of hydrogen-bond donors (Lipinski definition) is 2. The first-order valence-electron chi connectivity index (χ1n) is 7.71. The van der Waals surface area contributed by atoms with Crippen LogP contribution in [0.1, 0.15) is 44.9 Å². The maximum Gasteiger partial charge on any atom is 0.236 e. The summed E-state index contributed by atoms with van der Waals surface area (Å²) in [6.45, 7) is 1.02. The molecule has 3 fully saturated rings. The van der Waals surface area contributed by atoms with Crippen LogP contribution in [0.25, 0.3) is 0 Å². The Morgan fingerprint density at radius 2 is 2.11 bits per heavy atom. The van der Waals surface area contributed by atoms with Gasteiger partial charge in [-0.15, -0.1) is 0 Å². The number of carbonyl (C=O) groups excluding carboxylic acids is 1. The molecule has 2 N–H and O–H groups in total. The van der Waals surface area contributed by atoms with E-state index in [0.717, 1.165) is 36.6 Å². The van der Waals surface area contributed by atoms with Crippen LogP contribution in [0.2, 0.25) is 0 Å². The minimum atomic E-state index is 0.0624. The molecule has 0 radical (unpaired) electrons. The fourth-order valence-electron chi connectivity index (χ4n) is 4.68. The molecule has 3 rings (SSSR count). The Labute approximate surface area is 110 Å². The summed E-state index contributed by atoms with van der Waals surface area (Å²) in [4.78, 5) is 11.7. The highest BCUT2D eigenvalue weighted by Crippen LogP contribution is 2.51. The van der Waals surface area contributed by atoms with E-state index in [0.29, 0.717) is 0 Å². The standard InChI is InChI=1S/C15H26N2O/c1-16-15(18)14-9-11(4-5-17-14)8-13-7-10-2-3-12(13)6-10/h10-14,17H,2-9H2,1H3,(H,16,18). The van der Waals surface area contributed by atoms with Gasteiger partial charge in [0, 0.05) is 7.05 Å². The van der Waals surface area contributed by atoms with Gasteiger partial charge in [-0.2, -0.15) is 0 Å². The van der Waals surface area contributed by atoms with Crippen LogP contribution >= 0.6 is 0 Å². The Morgan fingerprint density at radius 3 is 2.78 bits per heavy atom. The molecule has 2 saturated carbocycles. The molecule has 1 heterocycles. The molecule has 1 amide bonds. The topological polar surface area (TPSA) is 41.1 Å². The van der Waals surface area contributed by atoms with Crippen molar-refractivity contribution < 1.29 is 4.79 Å². The van der Waals surface area contributed by atoms with Crippen molar-refractivity contribution in [3.8, 4) is 0 Å². The van der Waals surface area contributed by atoms with Gasteiger partial charge in [0.25, 0.3) is 0 Å². The van der Waals surface area contributed by atoms with E-state index in [1.165, 1.54) is 38.5 Å². The highest BCUT2D eigenvalue weighted by Gasteiger charge is 2.40. The average Bonchev–Trinajstić information content (AvgIpc) is 3.00. The van der Waals surface area contributed by atoms with Gasteiger partial charge in [-0.1, -0.05) is 6.42 Å². The van der Waals surface area contributed by atoms with E-state index in [2.05, 4.69) is 10.6 Å². The zero-order chi connectivity index (χ0) is 12.5. The van der Waals surface area contributed by atoms with Crippen LogP contribution in [0.4, 0.5) is 0 Å². The normalized spacial score (nSPS) is 43.1. The lowest BCUT2D eigenvalue weighted by atomic mass is 9.78. The molecule has 0 aromatic rings. The zero-order valence-electron chi connectivity index (χ0n) is 11.5. The van der Waals surface area contributed by atoms with Crippen LogP contribution in [0.5, 0.6) is 0 Å². The Kier molecular flexibility index (Phi) is 3.60. The van der Waals surface area contributed by atoms with Crippen molar-refractivity contribution in [3.63, 3.8) is 0 Å². The SMILES string of the molecule is CNC(=O)C1CC(CC2CC3CCC2C3)CCN1. The molecule has 2 aliphatic carbocycles. The molecule has 1 aliphatic heterocycles. The van der Waals surface area contributed by atoms with E-state index in [4.69, 9.17) is 0 Å². The third-order valence-electron chi connectivity index (χ3n) is 5.60. The van der Waals surface area contributed by atoms with Crippen molar-refractivity contribution in [2.45, 2.75) is 51.0 Å². The number of piperidine rings is 1. The van der Waals surface area contributed by atoms with Gasteiger partial charge in [-0.3, -0.25) is 4.79 Å². The van der Waals surface area contributed by atoms with Gasteiger partial charge < -0.3 is 10.6 Å². The summed E-state index contributed by atoms with van der Waals surface area (Å²) in [6.07, 6.45) is 9.67. The smallest absolute Gasteiger partial charge is 0.236 e. The first-order chi connectivity index (χ1) is 8.76. The molecule has 0 aromatic carbocycles. The number of amides is 1. The van der Waals surface area contributed by atoms with Crippen molar-refractivity contribution >= 4 is 5.91 Å². The largest absolute Gasteiger partial charge is 0.358 e. The second-order valence-electron chi connectivity index (χ2n) is 6.68. The summed E-state index contributed by atoms with van der Waals surface area (Å²) in [5.74, 6) is 4.02. The molecular formula is C15H26N2O. The molecule has 0 aromatic heterocycles. The van der Waals surface area contributed by atoms with Gasteiger partial charge in [-0.25, -0.2) is 0 Å². The minimum Gasteiger partial charge on any atom is -0.358 e. The number of hydrogen-bond acceptors (Lipinski definition) is 2. The molecule has 18 heavy (non-hydrogen) atoms. The molecule has 1 saturated heterocycles.